The number of hydrogen-bond acceptors (Lipinski definition) is 3. The van der Waals surface area contributed by atoms with Crippen LogP contribution < -0.4 is 11.1 Å². The number of carbonyl (C=O) groups excluding carboxylic acids is 1. The van der Waals surface area contributed by atoms with E-state index in [0.29, 0.717) is 17.1 Å². The summed E-state index contributed by atoms with van der Waals surface area (Å²) in [6.07, 6.45) is 1.53. The van der Waals surface area contributed by atoms with Crippen molar-refractivity contribution >= 4 is 33.3 Å². The quantitative estimate of drug-likeness (QED) is 0.896. The SMILES string of the molecule is Cc1cc(Br)ccc1C(=O)Nc1ccc(N)nc1. The van der Waals surface area contributed by atoms with E-state index in [-0.39, 0.29) is 5.91 Å². The Hall–Kier alpha value is -1.88. The lowest BCUT2D eigenvalue weighted by molar-refractivity contribution is 0.102. The molecule has 3 N–H and O–H groups in total. The molecule has 0 atom stereocenters. The van der Waals surface area contributed by atoms with E-state index >= 15 is 0 Å². The lowest BCUT2D eigenvalue weighted by Gasteiger charge is -2.07. The molecule has 92 valence electrons. The van der Waals surface area contributed by atoms with Gasteiger partial charge in [-0.1, -0.05) is 15.9 Å². The van der Waals surface area contributed by atoms with Gasteiger partial charge in [0, 0.05) is 10.0 Å². The van der Waals surface area contributed by atoms with Crippen molar-refractivity contribution < 1.29 is 4.79 Å². The van der Waals surface area contributed by atoms with Crippen molar-refractivity contribution in [2.75, 3.05) is 11.1 Å². The van der Waals surface area contributed by atoms with Crippen LogP contribution in [-0.2, 0) is 0 Å². The highest BCUT2D eigenvalue weighted by molar-refractivity contribution is 9.10. The molecule has 1 amide bonds. The van der Waals surface area contributed by atoms with Gasteiger partial charge < -0.3 is 11.1 Å². The second-order valence-electron chi connectivity index (χ2n) is 3.89. The summed E-state index contributed by atoms with van der Waals surface area (Å²) in [4.78, 5) is 16.0. The smallest absolute Gasteiger partial charge is 0.255 e. The van der Waals surface area contributed by atoms with Gasteiger partial charge >= 0.3 is 0 Å². The van der Waals surface area contributed by atoms with Gasteiger partial charge in [0.1, 0.15) is 5.82 Å². The van der Waals surface area contributed by atoms with Gasteiger partial charge in [-0.05, 0) is 42.8 Å². The first-order valence-electron chi connectivity index (χ1n) is 5.35. The predicted octanol–water partition coefficient (Wildman–Crippen LogP) is 2.99. The number of amides is 1. The highest BCUT2D eigenvalue weighted by Crippen LogP contribution is 2.17. The van der Waals surface area contributed by atoms with Crippen LogP contribution >= 0.6 is 15.9 Å². The van der Waals surface area contributed by atoms with Crippen LogP contribution in [0.25, 0.3) is 0 Å². The average molecular weight is 306 g/mol. The summed E-state index contributed by atoms with van der Waals surface area (Å²) in [6, 6.07) is 8.87. The molecular weight excluding hydrogens is 294 g/mol. The van der Waals surface area contributed by atoms with Crippen molar-refractivity contribution in [2.24, 2.45) is 0 Å². The Labute approximate surface area is 113 Å². The third-order valence-corrected chi connectivity index (χ3v) is 2.97. The van der Waals surface area contributed by atoms with Crippen molar-refractivity contribution in [2.45, 2.75) is 6.92 Å². The maximum atomic E-state index is 12.0. The third kappa shape index (κ3) is 2.87. The third-order valence-electron chi connectivity index (χ3n) is 2.48. The fraction of sp³-hybridized carbons (Fsp3) is 0.0769. The van der Waals surface area contributed by atoms with Gasteiger partial charge in [-0.25, -0.2) is 4.98 Å². The Morgan fingerprint density at radius 1 is 1.33 bits per heavy atom. The minimum atomic E-state index is -0.161. The molecule has 2 rings (SSSR count). The fourth-order valence-corrected chi connectivity index (χ4v) is 2.04. The number of nitrogens with zero attached hydrogens (tertiary/aromatic N) is 1. The van der Waals surface area contributed by atoms with Crippen LogP contribution in [0.5, 0.6) is 0 Å². The highest BCUT2D eigenvalue weighted by Gasteiger charge is 2.09. The molecule has 2 aromatic rings. The number of benzene rings is 1. The number of nitrogens with two attached hydrogens (primary N) is 1. The second kappa shape index (κ2) is 5.18. The summed E-state index contributed by atoms with van der Waals surface area (Å²) in [5.41, 5.74) is 7.64. The first kappa shape index (κ1) is 12.6. The lowest BCUT2D eigenvalue weighted by atomic mass is 10.1. The first-order valence-corrected chi connectivity index (χ1v) is 6.14. The molecule has 0 aliphatic carbocycles. The summed E-state index contributed by atoms with van der Waals surface area (Å²) in [5, 5.41) is 2.77. The van der Waals surface area contributed by atoms with Gasteiger partial charge in [-0.3, -0.25) is 4.79 Å². The summed E-state index contributed by atoms with van der Waals surface area (Å²) in [7, 11) is 0. The number of nitrogens with one attached hydrogen (secondary N) is 1. The highest BCUT2D eigenvalue weighted by atomic mass is 79.9. The monoisotopic (exact) mass is 305 g/mol. The Kier molecular flexibility index (Phi) is 3.62. The van der Waals surface area contributed by atoms with Gasteiger partial charge in [0.2, 0.25) is 0 Å². The number of halogens is 1. The summed E-state index contributed by atoms with van der Waals surface area (Å²) >= 11 is 3.36. The van der Waals surface area contributed by atoms with Crippen molar-refractivity contribution in [3.63, 3.8) is 0 Å². The summed E-state index contributed by atoms with van der Waals surface area (Å²) in [5.74, 6) is 0.263. The molecule has 18 heavy (non-hydrogen) atoms. The number of aromatic nitrogens is 1. The van der Waals surface area contributed by atoms with E-state index in [2.05, 4.69) is 26.2 Å². The molecule has 1 aromatic carbocycles. The van der Waals surface area contributed by atoms with Crippen molar-refractivity contribution in [1.29, 1.82) is 0 Å². The summed E-state index contributed by atoms with van der Waals surface area (Å²) < 4.78 is 0.950. The van der Waals surface area contributed by atoms with E-state index in [1.807, 2.05) is 19.1 Å². The fourth-order valence-electron chi connectivity index (χ4n) is 1.56. The van der Waals surface area contributed by atoms with Crippen LogP contribution in [0.15, 0.2) is 41.0 Å². The predicted molar refractivity (Wildman–Crippen MR) is 75.5 cm³/mol. The Bertz CT molecular complexity index is 581. The van der Waals surface area contributed by atoms with Crippen LogP contribution in [0.3, 0.4) is 0 Å². The summed E-state index contributed by atoms with van der Waals surface area (Å²) in [6.45, 7) is 1.89. The zero-order valence-corrected chi connectivity index (χ0v) is 11.4. The van der Waals surface area contributed by atoms with Crippen LogP contribution in [0.1, 0.15) is 15.9 Å². The van der Waals surface area contributed by atoms with E-state index in [4.69, 9.17) is 5.73 Å². The molecule has 0 fully saturated rings. The van der Waals surface area contributed by atoms with Gasteiger partial charge in [0.25, 0.3) is 5.91 Å². The number of pyridine rings is 1. The molecule has 0 saturated carbocycles. The molecule has 0 unspecified atom stereocenters. The minimum absolute atomic E-state index is 0.161. The maximum Gasteiger partial charge on any atom is 0.255 e. The number of aryl methyl sites for hydroxylation is 1. The number of rotatable bonds is 2. The van der Waals surface area contributed by atoms with Gasteiger partial charge in [-0.2, -0.15) is 0 Å². The molecule has 0 bridgehead atoms. The number of anilines is 2. The average Bonchev–Trinajstić information content (AvgIpc) is 2.32. The van der Waals surface area contributed by atoms with E-state index in [1.165, 1.54) is 6.20 Å². The molecule has 0 saturated heterocycles. The van der Waals surface area contributed by atoms with Crippen LogP contribution in [-0.4, -0.2) is 10.9 Å². The van der Waals surface area contributed by atoms with E-state index in [0.717, 1.165) is 10.0 Å². The van der Waals surface area contributed by atoms with Crippen LogP contribution in [0.2, 0.25) is 0 Å². The molecular formula is C13H12BrN3O. The van der Waals surface area contributed by atoms with Gasteiger partial charge in [0.05, 0.1) is 11.9 Å². The van der Waals surface area contributed by atoms with Crippen molar-refractivity contribution in [3.8, 4) is 0 Å². The molecule has 1 aromatic heterocycles. The standard InChI is InChI=1S/C13H12BrN3O/c1-8-6-9(14)2-4-11(8)13(18)17-10-3-5-12(15)16-7-10/h2-7H,1H3,(H2,15,16)(H,17,18). The molecule has 1 heterocycles. The number of nitrogen functional groups attached to an aromatic ring is 1. The van der Waals surface area contributed by atoms with Gasteiger partial charge in [0.15, 0.2) is 0 Å². The lowest BCUT2D eigenvalue weighted by Crippen LogP contribution is -2.13. The van der Waals surface area contributed by atoms with E-state index in [1.54, 1.807) is 18.2 Å². The molecule has 4 nitrogen and oxygen atoms in total. The number of hydrogen-bond donors (Lipinski definition) is 2. The normalized spacial score (nSPS) is 10.1. The van der Waals surface area contributed by atoms with Crippen LogP contribution in [0.4, 0.5) is 11.5 Å². The largest absolute Gasteiger partial charge is 0.384 e. The second-order valence-corrected chi connectivity index (χ2v) is 4.80. The maximum absolute atomic E-state index is 12.0. The van der Waals surface area contributed by atoms with Crippen LogP contribution in [0, 0.1) is 6.92 Å². The molecule has 0 aliphatic rings. The zero-order valence-electron chi connectivity index (χ0n) is 9.77. The van der Waals surface area contributed by atoms with Crippen molar-refractivity contribution in [3.05, 3.63) is 52.1 Å². The Balaban J connectivity index is 2.19. The molecule has 0 aliphatic heterocycles. The molecule has 0 spiro atoms. The first-order chi connectivity index (χ1) is 8.56. The van der Waals surface area contributed by atoms with Crippen molar-refractivity contribution in [1.82, 2.24) is 4.98 Å². The van der Waals surface area contributed by atoms with E-state index in [9.17, 15) is 4.79 Å². The van der Waals surface area contributed by atoms with E-state index < -0.39 is 0 Å². The number of carbonyl (C=O) groups is 1. The zero-order chi connectivity index (χ0) is 13.1. The topological polar surface area (TPSA) is 68.0 Å². The molecule has 5 heteroatoms. The molecule has 0 radical (unpaired) electrons. The van der Waals surface area contributed by atoms with Gasteiger partial charge in [-0.15, -0.1) is 0 Å². The minimum Gasteiger partial charge on any atom is -0.384 e. The Morgan fingerprint density at radius 2 is 2.11 bits per heavy atom. The Morgan fingerprint density at radius 3 is 2.72 bits per heavy atom.